The molecule has 0 saturated carbocycles. The van der Waals surface area contributed by atoms with Crippen molar-refractivity contribution in [2.45, 2.75) is 52.7 Å². The number of aliphatic carboxylic acids is 1. The number of pyridine rings is 1. The minimum absolute atomic E-state index is 0.0936. The van der Waals surface area contributed by atoms with Crippen molar-refractivity contribution in [1.82, 2.24) is 4.98 Å². The first kappa shape index (κ1) is 23.6. The van der Waals surface area contributed by atoms with Crippen LogP contribution in [-0.4, -0.2) is 34.1 Å². The van der Waals surface area contributed by atoms with Crippen molar-refractivity contribution < 1.29 is 19.4 Å². The maximum absolute atomic E-state index is 13.3. The Morgan fingerprint density at radius 3 is 2.29 bits per heavy atom. The summed E-state index contributed by atoms with van der Waals surface area (Å²) in [6.45, 7) is 9.99. The van der Waals surface area contributed by atoms with E-state index in [0.717, 1.165) is 33.5 Å². The van der Waals surface area contributed by atoms with Crippen LogP contribution in [-0.2, 0) is 16.0 Å². The van der Waals surface area contributed by atoms with Gasteiger partial charge < -0.3 is 14.7 Å². The zero-order valence-electron chi connectivity index (χ0n) is 20.3. The number of fused-ring (bicyclic) bond motifs is 1. The molecule has 0 fully saturated rings. The van der Waals surface area contributed by atoms with E-state index >= 15 is 0 Å². The van der Waals surface area contributed by atoms with Gasteiger partial charge >= 0.3 is 5.97 Å². The predicted octanol–water partition coefficient (Wildman–Crippen LogP) is 5.51. The van der Waals surface area contributed by atoms with Crippen molar-refractivity contribution in [3.8, 4) is 11.1 Å². The summed E-state index contributed by atoms with van der Waals surface area (Å²) < 4.78 is 6.07. The maximum atomic E-state index is 13.3. The molecule has 1 N–H and O–H groups in total. The molecule has 0 unspecified atom stereocenters. The number of aromatic nitrogens is 1. The molecule has 0 bridgehead atoms. The Morgan fingerprint density at radius 1 is 1.06 bits per heavy atom. The second-order valence-electron chi connectivity index (χ2n) is 9.74. The van der Waals surface area contributed by atoms with E-state index in [4.69, 9.17) is 4.74 Å². The lowest BCUT2D eigenvalue weighted by molar-refractivity contribution is -0.160. The van der Waals surface area contributed by atoms with Crippen LogP contribution in [0.25, 0.3) is 11.1 Å². The van der Waals surface area contributed by atoms with Crippen LogP contribution in [0.2, 0.25) is 0 Å². The molecule has 1 aliphatic rings. The highest BCUT2D eigenvalue weighted by atomic mass is 16.5. The first-order valence-corrected chi connectivity index (χ1v) is 11.4. The number of hydrogen-bond donors (Lipinski definition) is 1. The largest absolute Gasteiger partial charge is 0.479 e. The standard InChI is InChI=1S/C28H30N2O4/c1-17-6-8-19(9-7-17)24-21-12-15-30(26(31)20-10-13-29-14-11-20)22(21)16-18(2)23(24)25(27(32)33)34-28(3,4)5/h6-11,13-14,16,25H,12,15H2,1-5H3,(H,32,33)/t25-/m0/s1. The molecule has 1 amide bonds. The summed E-state index contributed by atoms with van der Waals surface area (Å²) in [6.07, 6.45) is 2.71. The molecule has 2 aromatic carbocycles. The van der Waals surface area contributed by atoms with Gasteiger partial charge in [-0.15, -0.1) is 0 Å². The molecule has 0 aliphatic carbocycles. The minimum atomic E-state index is -1.13. The third-order valence-corrected chi connectivity index (χ3v) is 6.01. The molecule has 34 heavy (non-hydrogen) atoms. The number of amides is 1. The third-order valence-electron chi connectivity index (χ3n) is 6.01. The summed E-state index contributed by atoms with van der Waals surface area (Å²) >= 11 is 0. The second-order valence-corrected chi connectivity index (χ2v) is 9.74. The van der Waals surface area contributed by atoms with Gasteiger partial charge in [-0.05, 0) is 81.5 Å². The lowest BCUT2D eigenvalue weighted by atomic mass is 9.86. The number of carbonyl (C=O) groups is 2. The fourth-order valence-corrected chi connectivity index (χ4v) is 4.53. The van der Waals surface area contributed by atoms with E-state index in [1.807, 2.05) is 65.0 Å². The summed E-state index contributed by atoms with van der Waals surface area (Å²) in [7, 11) is 0. The highest BCUT2D eigenvalue weighted by Crippen LogP contribution is 2.44. The van der Waals surface area contributed by atoms with E-state index in [1.54, 1.807) is 29.4 Å². The normalized spacial score (nSPS) is 14.1. The number of rotatable bonds is 5. The molecule has 1 aromatic heterocycles. The average Bonchev–Trinajstić information content (AvgIpc) is 3.20. The SMILES string of the molecule is Cc1ccc(-c2c3c(cc(C)c2[C@H](OC(C)(C)C)C(=O)O)N(C(=O)c2ccncc2)CC3)cc1. The molecule has 2 heterocycles. The van der Waals surface area contributed by atoms with E-state index in [2.05, 4.69) is 4.98 Å². The Labute approximate surface area is 200 Å². The Kier molecular flexibility index (Phi) is 6.28. The van der Waals surface area contributed by atoms with Crippen LogP contribution in [0, 0.1) is 13.8 Å². The highest BCUT2D eigenvalue weighted by molar-refractivity contribution is 6.08. The monoisotopic (exact) mass is 458 g/mol. The molecule has 0 saturated heterocycles. The van der Waals surface area contributed by atoms with Crippen molar-refractivity contribution in [3.63, 3.8) is 0 Å². The fraction of sp³-hybridized carbons (Fsp3) is 0.321. The first-order chi connectivity index (χ1) is 16.1. The number of carboxylic acid groups (broad SMARTS) is 1. The Bertz CT molecular complexity index is 1230. The van der Waals surface area contributed by atoms with Gasteiger partial charge in [0.05, 0.1) is 5.60 Å². The molecular formula is C28H30N2O4. The summed E-state index contributed by atoms with van der Waals surface area (Å²) in [5, 5.41) is 10.2. The molecular weight excluding hydrogens is 428 g/mol. The van der Waals surface area contributed by atoms with Crippen LogP contribution in [0.4, 0.5) is 5.69 Å². The van der Waals surface area contributed by atoms with E-state index in [9.17, 15) is 14.7 Å². The molecule has 3 aromatic rings. The lowest BCUT2D eigenvalue weighted by Gasteiger charge is -2.29. The quantitative estimate of drug-likeness (QED) is 0.545. The number of anilines is 1. The number of aryl methyl sites for hydroxylation is 2. The Morgan fingerprint density at radius 2 is 1.71 bits per heavy atom. The molecule has 0 radical (unpaired) electrons. The van der Waals surface area contributed by atoms with Gasteiger partial charge in [-0.3, -0.25) is 9.78 Å². The summed E-state index contributed by atoms with van der Waals surface area (Å²) in [6, 6.07) is 13.4. The van der Waals surface area contributed by atoms with E-state index in [-0.39, 0.29) is 5.91 Å². The maximum Gasteiger partial charge on any atom is 0.337 e. The molecule has 1 aliphatic heterocycles. The first-order valence-electron chi connectivity index (χ1n) is 11.4. The van der Waals surface area contributed by atoms with Gasteiger partial charge in [-0.25, -0.2) is 4.79 Å². The van der Waals surface area contributed by atoms with Crippen molar-refractivity contribution in [2.24, 2.45) is 0 Å². The zero-order chi connectivity index (χ0) is 24.6. The van der Waals surface area contributed by atoms with Crippen molar-refractivity contribution in [2.75, 3.05) is 11.4 Å². The smallest absolute Gasteiger partial charge is 0.337 e. The molecule has 176 valence electrons. The summed E-state index contributed by atoms with van der Waals surface area (Å²) in [5.41, 5.74) is 6.00. The van der Waals surface area contributed by atoms with Crippen molar-refractivity contribution >= 4 is 17.6 Å². The Hall–Kier alpha value is -3.51. The van der Waals surface area contributed by atoms with E-state index in [1.165, 1.54) is 0 Å². The van der Waals surface area contributed by atoms with Gasteiger partial charge in [0.25, 0.3) is 5.91 Å². The van der Waals surface area contributed by atoms with Crippen LogP contribution in [0.3, 0.4) is 0 Å². The van der Waals surface area contributed by atoms with Gasteiger partial charge in [0.2, 0.25) is 0 Å². The third kappa shape index (κ3) is 4.59. The average molecular weight is 459 g/mol. The number of ether oxygens (including phenoxy) is 1. The van der Waals surface area contributed by atoms with Crippen LogP contribution in [0.1, 0.15) is 59.5 Å². The zero-order valence-corrected chi connectivity index (χ0v) is 20.3. The predicted molar refractivity (Wildman–Crippen MR) is 132 cm³/mol. The van der Waals surface area contributed by atoms with Gasteiger partial charge in [-0.1, -0.05) is 29.8 Å². The number of carbonyl (C=O) groups excluding carboxylic acids is 1. The van der Waals surface area contributed by atoms with Crippen LogP contribution >= 0.6 is 0 Å². The van der Waals surface area contributed by atoms with E-state index in [0.29, 0.717) is 24.1 Å². The molecule has 1 atom stereocenters. The minimum Gasteiger partial charge on any atom is -0.479 e. The molecule has 6 nitrogen and oxygen atoms in total. The Balaban J connectivity index is 1.93. The molecule has 0 spiro atoms. The topological polar surface area (TPSA) is 79.7 Å². The van der Waals surface area contributed by atoms with Crippen LogP contribution < -0.4 is 4.90 Å². The summed E-state index contributed by atoms with van der Waals surface area (Å²) in [5.74, 6) is -1.13. The number of hydrogen-bond acceptors (Lipinski definition) is 4. The number of nitrogens with zero attached hydrogens (tertiary/aromatic N) is 2. The number of carboxylic acids is 1. The van der Waals surface area contributed by atoms with Gasteiger partial charge in [0.15, 0.2) is 6.10 Å². The highest BCUT2D eigenvalue weighted by Gasteiger charge is 2.36. The molecule has 6 heteroatoms. The van der Waals surface area contributed by atoms with E-state index < -0.39 is 17.7 Å². The number of benzene rings is 2. The van der Waals surface area contributed by atoms with Crippen LogP contribution in [0.15, 0.2) is 54.9 Å². The molecule has 4 rings (SSSR count). The fourth-order valence-electron chi connectivity index (χ4n) is 4.53. The van der Waals surface area contributed by atoms with Gasteiger partial charge in [0.1, 0.15) is 0 Å². The summed E-state index contributed by atoms with van der Waals surface area (Å²) in [4.78, 5) is 31.5. The second kappa shape index (κ2) is 9.03. The van der Waals surface area contributed by atoms with Gasteiger partial charge in [0, 0.05) is 35.8 Å². The van der Waals surface area contributed by atoms with Gasteiger partial charge in [-0.2, -0.15) is 0 Å². The van der Waals surface area contributed by atoms with Crippen LogP contribution in [0.5, 0.6) is 0 Å². The van der Waals surface area contributed by atoms with Crippen molar-refractivity contribution in [3.05, 3.63) is 82.7 Å². The lowest BCUT2D eigenvalue weighted by Crippen LogP contribution is -2.29. The van der Waals surface area contributed by atoms with Crippen molar-refractivity contribution in [1.29, 1.82) is 0 Å².